The lowest BCUT2D eigenvalue weighted by Crippen LogP contribution is -2.31. The maximum atomic E-state index is 13.0. The van der Waals surface area contributed by atoms with Crippen molar-refractivity contribution in [2.24, 2.45) is 5.92 Å². The highest BCUT2D eigenvalue weighted by Crippen LogP contribution is 2.22. The average Bonchev–Trinajstić information content (AvgIpc) is 2.71. The first-order chi connectivity index (χ1) is 12.6. The van der Waals surface area contributed by atoms with Gasteiger partial charge >= 0.3 is 0 Å². The number of rotatable bonds is 3. The molecule has 1 amide bonds. The number of halogens is 1. The Hall–Kier alpha value is -2.43. The fraction of sp³-hybridized carbons (Fsp3) is 0.429. The molecule has 3 rings (SSSR count). The zero-order chi connectivity index (χ0) is 19.4. The Morgan fingerprint density at radius 2 is 1.85 bits per heavy atom. The van der Waals surface area contributed by atoms with Crippen LogP contribution in [0, 0.1) is 11.7 Å². The van der Waals surface area contributed by atoms with E-state index in [4.69, 9.17) is 0 Å². The fourth-order valence-corrected chi connectivity index (χ4v) is 2.56. The van der Waals surface area contributed by atoms with Gasteiger partial charge in [0.25, 0.3) is 0 Å². The molecule has 4 nitrogen and oxygen atoms in total. The summed E-state index contributed by atoms with van der Waals surface area (Å²) in [6.45, 7) is 8.16. The van der Waals surface area contributed by atoms with Crippen molar-refractivity contribution < 1.29 is 9.18 Å². The van der Waals surface area contributed by atoms with Crippen LogP contribution < -0.4 is 5.32 Å². The molecule has 0 bridgehead atoms. The average molecular weight is 359 g/mol. The van der Waals surface area contributed by atoms with Gasteiger partial charge in [0.1, 0.15) is 5.82 Å². The van der Waals surface area contributed by atoms with Crippen LogP contribution in [0.2, 0.25) is 0 Å². The van der Waals surface area contributed by atoms with Crippen LogP contribution in [0.1, 0.15) is 33.6 Å². The summed E-state index contributed by atoms with van der Waals surface area (Å²) < 4.78 is 13.0. The number of pyridine rings is 1. The minimum absolute atomic E-state index is 0.317. The number of hydrogen-bond donors (Lipinski definition) is 1. The molecule has 1 saturated heterocycles. The Bertz CT molecular complexity index is 655. The van der Waals surface area contributed by atoms with Crippen LogP contribution in [0.3, 0.4) is 0 Å². The normalized spacial score (nSPS) is 13.7. The predicted octanol–water partition coefficient (Wildman–Crippen LogP) is 4.83. The lowest BCUT2D eigenvalue weighted by atomic mass is 10.00. The van der Waals surface area contributed by atoms with Crippen molar-refractivity contribution in [1.29, 1.82) is 0 Å². The highest BCUT2D eigenvalue weighted by atomic mass is 19.1. The number of nitrogens with one attached hydrogen (secondary N) is 1. The third-order valence-electron chi connectivity index (χ3n) is 4.16. The molecule has 0 saturated carbocycles. The topological polar surface area (TPSA) is 45.2 Å². The molecular formula is C21H30FN3O. The number of nitrogens with zero attached hydrogens (tertiary/aromatic N) is 2. The van der Waals surface area contributed by atoms with E-state index in [1.165, 1.54) is 25.1 Å². The lowest BCUT2D eigenvalue weighted by molar-refractivity contribution is -0.119. The van der Waals surface area contributed by atoms with Crippen LogP contribution in [-0.4, -0.2) is 36.4 Å². The van der Waals surface area contributed by atoms with Gasteiger partial charge in [-0.2, -0.15) is 0 Å². The number of carbonyl (C=O) groups is 1. The molecule has 5 heteroatoms. The van der Waals surface area contributed by atoms with Crippen molar-refractivity contribution >= 4 is 12.1 Å². The predicted molar refractivity (Wildman–Crippen MR) is 107 cm³/mol. The zero-order valence-electron chi connectivity index (χ0n) is 16.2. The number of amides is 1. The van der Waals surface area contributed by atoms with E-state index in [9.17, 15) is 9.18 Å². The molecule has 2 heterocycles. The summed E-state index contributed by atoms with van der Waals surface area (Å²) in [5.41, 5.74) is 2.73. The van der Waals surface area contributed by atoms with Crippen molar-refractivity contribution in [3.8, 4) is 11.1 Å². The molecule has 0 radical (unpaired) electrons. The van der Waals surface area contributed by atoms with E-state index in [1.807, 2.05) is 50.1 Å². The summed E-state index contributed by atoms with van der Waals surface area (Å²) in [5, 5.41) is 3.04. The highest BCUT2D eigenvalue weighted by Gasteiger charge is 2.12. The molecular weight excluding hydrogens is 329 g/mol. The minimum atomic E-state index is -0.317. The van der Waals surface area contributed by atoms with Crippen molar-refractivity contribution in [2.45, 2.75) is 33.6 Å². The first-order valence-corrected chi connectivity index (χ1v) is 9.20. The number of piperidine rings is 1. The van der Waals surface area contributed by atoms with Crippen molar-refractivity contribution in [2.75, 3.05) is 25.5 Å². The second kappa shape index (κ2) is 12.0. The Kier molecular flexibility index (Phi) is 9.98. The van der Waals surface area contributed by atoms with Crippen LogP contribution in [0.15, 0.2) is 42.7 Å². The molecule has 26 heavy (non-hydrogen) atoms. The number of likely N-dealkylation sites (tertiary alicyclic amines) is 1. The van der Waals surface area contributed by atoms with Crippen molar-refractivity contribution in [1.82, 2.24) is 9.88 Å². The molecule has 1 fully saturated rings. The third kappa shape index (κ3) is 7.21. The number of benzene rings is 1. The minimum Gasteiger partial charge on any atom is -0.388 e. The Morgan fingerprint density at radius 3 is 2.42 bits per heavy atom. The standard InChI is InChI=1S/C12H11FN2.C7H13NO.C2H6/c1-14-12-4-2-3-9(6-12)10-5-11(13)8-15-7-10;1-7-2-4-8(6-9)5-3-7;1-2/h2-8,14H,1H3;6-7H,2-5H2,1H3;1-2H3. The van der Waals surface area contributed by atoms with E-state index in [2.05, 4.69) is 17.2 Å². The third-order valence-corrected chi connectivity index (χ3v) is 4.16. The molecule has 0 aliphatic carbocycles. The second-order valence-corrected chi connectivity index (χ2v) is 6.05. The molecule has 1 aromatic carbocycles. The summed E-state index contributed by atoms with van der Waals surface area (Å²) in [7, 11) is 1.85. The Morgan fingerprint density at radius 1 is 1.15 bits per heavy atom. The van der Waals surface area contributed by atoms with Crippen LogP contribution in [0.4, 0.5) is 10.1 Å². The molecule has 1 aliphatic rings. The quantitative estimate of drug-likeness (QED) is 0.798. The summed E-state index contributed by atoms with van der Waals surface area (Å²) in [6.07, 6.45) is 6.16. The number of carbonyl (C=O) groups excluding carboxylic acids is 1. The van der Waals surface area contributed by atoms with Gasteiger partial charge in [-0.3, -0.25) is 9.78 Å². The van der Waals surface area contributed by atoms with E-state index < -0.39 is 0 Å². The van der Waals surface area contributed by atoms with Crippen LogP contribution in [-0.2, 0) is 4.79 Å². The number of anilines is 1. The molecule has 142 valence electrons. The van der Waals surface area contributed by atoms with E-state index in [0.717, 1.165) is 42.2 Å². The van der Waals surface area contributed by atoms with Gasteiger partial charge in [-0.25, -0.2) is 4.39 Å². The van der Waals surface area contributed by atoms with E-state index >= 15 is 0 Å². The second-order valence-electron chi connectivity index (χ2n) is 6.05. The highest BCUT2D eigenvalue weighted by molar-refractivity contribution is 5.67. The van der Waals surface area contributed by atoms with Crippen molar-refractivity contribution in [3.05, 3.63) is 48.5 Å². The fourth-order valence-electron chi connectivity index (χ4n) is 2.56. The molecule has 1 aromatic heterocycles. The maximum Gasteiger partial charge on any atom is 0.209 e. The molecule has 1 N–H and O–H groups in total. The maximum absolute atomic E-state index is 13.0. The van der Waals surface area contributed by atoms with Crippen molar-refractivity contribution in [3.63, 3.8) is 0 Å². The van der Waals surface area contributed by atoms with Crippen LogP contribution in [0.5, 0.6) is 0 Å². The molecule has 0 atom stereocenters. The van der Waals surface area contributed by atoms with Gasteiger partial charge in [-0.15, -0.1) is 0 Å². The summed E-state index contributed by atoms with van der Waals surface area (Å²) >= 11 is 0. The lowest BCUT2D eigenvalue weighted by Gasteiger charge is -2.26. The largest absolute Gasteiger partial charge is 0.388 e. The van der Waals surface area contributed by atoms with E-state index in [0.29, 0.717) is 0 Å². The number of hydrogen-bond acceptors (Lipinski definition) is 3. The Balaban J connectivity index is 0.000000263. The van der Waals surface area contributed by atoms with Gasteiger partial charge < -0.3 is 10.2 Å². The monoisotopic (exact) mass is 359 g/mol. The van der Waals surface area contributed by atoms with Gasteiger partial charge in [0.2, 0.25) is 6.41 Å². The van der Waals surface area contributed by atoms with Gasteiger partial charge in [0.05, 0.1) is 6.20 Å². The Labute approximate surface area is 156 Å². The molecule has 0 spiro atoms. The SMILES string of the molecule is CC.CC1CCN(C=O)CC1.CNc1cccc(-c2cncc(F)c2)c1. The summed E-state index contributed by atoms with van der Waals surface area (Å²) in [5.74, 6) is 0.503. The van der Waals surface area contributed by atoms with Gasteiger partial charge in [-0.1, -0.05) is 32.9 Å². The van der Waals surface area contributed by atoms with Crippen LogP contribution >= 0.6 is 0 Å². The van der Waals surface area contributed by atoms with Crippen LogP contribution in [0.25, 0.3) is 11.1 Å². The molecule has 0 unspecified atom stereocenters. The smallest absolute Gasteiger partial charge is 0.209 e. The number of aromatic nitrogens is 1. The molecule has 2 aromatic rings. The zero-order valence-corrected chi connectivity index (χ0v) is 16.2. The summed E-state index contributed by atoms with van der Waals surface area (Å²) in [4.78, 5) is 15.9. The van der Waals surface area contributed by atoms with Gasteiger partial charge in [-0.05, 0) is 42.5 Å². The first kappa shape index (κ1) is 21.6. The van der Waals surface area contributed by atoms with E-state index in [1.54, 1.807) is 6.20 Å². The van der Waals surface area contributed by atoms with E-state index in [-0.39, 0.29) is 5.82 Å². The van der Waals surface area contributed by atoms with Gasteiger partial charge in [0, 0.05) is 37.6 Å². The van der Waals surface area contributed by atoms with Gasteiger partial charge in [0.15, 0.2) is 0 Å². The summed E-state index contributed by atoms with van der Waals surface area (Å²) in [6, 6.07) is 9.23. The first-order valence-electron chi connectivity index (χ1n) is 9.20. The molecule has 1 aliphatic heterocycles.